The van der Waals surface area contributed by atoms with Crippen LogP contribution in [0.25, 0.3) is 0 Å². The zero-order valence-corrected chi connectivity index (χ0v) is 13.7. The number of benzene rings is 2. The Morgan fingerprint density at radius 3 is 2.17 bits per heavy atom. The van der Waals surface area contributed by atoms with Crippen LogP contribution >= 0.6 is 0 Å². The van der Waals surface area contributed by atoms with Crippen molar-refractivity contribution in [2.45, 2.75) is 32.6 Å². The number of nitrogens with one attached hydrogen (secondary N) is 1. The number of aliphatic hydroxyl groups excluding tert-OH is 1. The molecule has 0 aliphatic rings. The van der Waals surface area contributed by atoms with Gasteiger partial charge in [-0.25, -0.2) is 0 Å². The molecule has 0 saturated carbocycles. The highest BCUT2D eigenvalue weighted by molar-refractivity contribution is 5.39. The molecule has 2 rings (SSSR count). The van der Waals surface area contributed by atoms with E-state index in [1.807, 2.05) is 68.4 Å². The SMILES string of the molecule is CC(C)NCC(O)COc1ccccc1OCc1ccccc1. The maximum absolute atomic E-state index is 9.93. The lowest BCUT2D eigenvalue weighted by Gasteiger charge is -2.17. The van der Waals surface area contributed by atoms with Gasteiger partial charge in [0.05, 0.1) is 0 Å². The van der Waals surface area contributed by atoms with Crippen LogP contribution in [0.3, 0.4) is 0 Å². The molecule has 0 aliphatic heterocycles. The normalized spacial score (nSPS) is 12.2. The fourth-order valence-electron chi connectivity index (χ4n) is 2.04. The highest BCUT2D eigenvalue weighted by Crippen LogP contribution is 2.27. The molecule has 2 N–H and O–H groups in total. The van der Waals surface area contributed by atoms with E-state index in [2.05, 4.69) is 5.32 Å². The van der Waals surface area contributed by atoms with Crippen LogP contribution in [0.4, 0.5) is 0 Å². The van der Waals surface area contributed by atoms with Gasteiger partial charge in [0.2, 0.25) is 0 Å². The third kappa shape index (κ3) is 6.30. The van der Waals surface area contributed by atoms with Crippen LogP contribution in [0.1, 0.15) is 19.4 Å². The summed E-state index contributed by atoms with van der Waals surface area (Å²) in [5.74, 6) is 1.33. The van der Waals surface area contributed by atoms with Crippen molar-refractivity contribution in [2.75, 3.05) is 13.2 Å². The fourth-order valence-corrected chi connectivity index (χ4v) is 2.04. The van der Waals surface area contributed by atoms with E-state index in [4.69, 9.17) is 9.47 Å². The molecular weight excluding hydrogens is 290 g/mol. The lowest BCUT2D eigenvalue weighted by molar-refractivity contribution is 0.102. The first kappa shape index (κ1) is 17.3. The summed E-state index contributed by atoms with van der Waals surface area (Å²) in [6.07, 6.45) is -0.556. The summed E-state index contributed by atoms with van der Waals surface area (Å²) in [6, 6.07) is 17.8. The third-order valence-electron chi connectivity index (χ3n) is 3.28. The zero-order valence-electron chi connectivity index (χ0n) is 13.7. The first-order valence-corrected chi connectivity index (χ1v) is 7.95. The van der Waals surface area contributed by atoms with Gasteiger partial charge in [-0.05, 0) is 17.7 Å². The molecule has 0 spiro atoms. The summed E-state index contributed by atoms with van der Waals surface area (Å²) in [6.45, 7) is 5.30. The molecule has 0 radical (unpaired) electrons. The van der Waals surface area contributed by atoms with Crippen molar-refractivity contribution in [3.05, 3.63) is 60.2 Å². The van der Waals surface area contributed by atoms with Crippen molar-refractivity contribution in [3.8, 4) is 11.5 Å². The minimum absolute atomic E-state index is 0.228. The van der Waals surface area contributed by atoms with Crippen LogP contribution in [0.15, 0.2) is 54.6 Å². The van der Waals surface area contributed by atoms with Crippen LogP contribution in [-0.4, -0.2) is 30.4 Å². The third-order valence-corrected chi connectivity index (χ3v) is 3.28. The smallest absolute Gasteiger partial charge is 0.161 e. The van der Waals surface area contributed by atoms with Gasteiger partial charge >= 0.3 is 0 Å². The molecule has 1 atom stereocenters. The molecule has 124 valence electrons. The monoisotopic (exact) mass is 315 g/mol. The molecule has 0 fully saturated rings. The number of hydrogen-bond acceptors (Lipinski definition) is 4. The molecule has 4 nitrogen and oxygen atoms in total. The molecule has 4 heteroatoms. The zero-order chi connectivity index (χ0) is 16.5. The van der Waals surface area contributed by atoms with Crippen LogP contribution in [0.2, 0.25) is 0 Å². The van der Waals surface area contributed by atoms with Crippen LogP contribution in [0, 0.1) is 0 Å². The summed E-state index contributed by atoms with van der Waals surface area (Å²) < 4.78 is 11.5. The van der Waals surface area contributed by atoms with Crippen LogP contribution in [-0.2, 0) is 6.61 Å². The highest BCUT2D eigenvalue weighted by atomic mass is 16.5. The Balaban J connectivity index is 1.87. The number of ether oxygens (including phenoxy) is 2. The molecule has 0 saturated heterocycles. The number of para-hydroxylation sites is 2. The number of aliphatic hydroxyl groups is 1. The van der Waals surface area contributed by atoms with Crippen molar-refractivity contribution in [1.82, 2.24) is 5.32 Å². The van der Waals surface area contributed by atoms with Crippen molar-refractivity contribution >= 4 is 0 Å². The molecule has 0 heterocycles. The van der Waals surface area contributed by atoms with Gasteiger partial charge in [-0.3, -0.25) is 0 Å². The minimum Gasteiger partial charge on any atom is -0.487 e. The van der Waals surface area contributed by atoms with Crippen molar-refractivity contribution < 1.29 is 14.6 Å². The Kier molecular flexibility index (Phi) is 6.91. The fraction of sp³-hybridized carbons (Fsp3) is 0.368. The number of hydrogen-bond donors (Lipinski definition) is 2. The molecule has 23 heavy (non-hydrogen) atoms. The predicted octanol–water partition coefficient (Wildman–Crippen LogP) is 3.00. The molecule has 0 amide bonds. The summed E-state index contributed by atoms with van der Waals surface area (Å²) >= 11 is 0. The van der Waals surface area contributed by atoms with E-state index in [-0.39, 0.29) is 6.61 Å². The average Bonchev–Trinajstić information content (AvgIpc) is 2.58. The second-order valence-corrected chi connectivity index (χ2v) is 5.75. The average molecular weight is 315 g/mol. The van der Waals surface area contributed by atoms with Gasteiger partial charge in [0, 0.05) is 12.6 Å². The first-order valence-electron chi connectivity index (χ1n) is 7.95. The van der Waals surface area contributed by atoms with Crippen molar-refractivity contribution in [2.24, 2.45) is 0 Å². The Hall–Kier alpha value is -2.04. The van der Waals surface area contributed by atoms with E-state index in [0.717, 1.165) is 5.56 Å². The molecule has 0 aromatic heterocycles. The predicted molar refractivity (Wildman–Crippen MR) is 91.9 cm³/mol. The topological polar surface area (TPSA) is 50.7 Å². The Labute approximate surface area is 138 Å². The van der Waals surface area contributed by atoms with Gasteiger partial charge in [0.15, 0.2) is 11.5 Å². The molecule has 0 bridgehead atoms. The van der Waals surface area contributed by atoms with E-state index in [9.17, 15) is 5.11 Å². The molecule has 2 aromatic rings. The molecule has 1 unspecified atom stereocenters. The first-order chi connectivity index (χ1) is 11.1. The van der Waals surface area contributed by atoms with Crippen LogP contribution < -0.4 is 14.8 Å². The minimum atomic E-state index is -0.556. The molecule has 0 aliphatic carbocycles. The second-order valence-electron chi connectivity index (χ2n) is 5.75. The molecule has 2 aromatic carbocycles. The second kappa shape index (κ2) is 9.18. The van der Waals surface area contributed by atoms with Crippen molar-refractivity contribution in [3.63, 3.8) is 0 Å². The van der Waals surface area contributed by atoms with Gasteiger partial charge in [0.25, 0.3) is 0 Å². The van der Waals surface area contributed by atoms with Gasteiger partial charge in [-0.2, -0.15) is 0 Å². The van der Waals surface area contributed by atoms with E-state index in [1.54, 1.807) is 0 Å². The Morgan fingerprint density at radius 2 is 1.52 bits per heavy atom. The van der Waals surface area contributed by atoms with E-state index in [0.29, 0.717) is 30.7 Å². The summed E-state index contributed by atoms with van der Waals surface area (Å²) in [5.41, 5.74) is 1.10. The molecular formula is C19H25NO3. The van der Waals surface area contributed by atoms with Gasteiger partial charge in [-0.1, -0.05) is 56.3 Å². The van der Waals surface area contributed by atoms with Gasteiger partial charge < -0.3 is 19.9 Å². The highest BCUT2D eigenvalue weighted by Gasteiger charge is 2.09. The van der Waals surface area contributed by atoms with Gasteiger partial charge in [-0.15, -0.1) is 0 Å². The van der Waals surface area contributed by atoms with Gasteiger partial charge in [0.1, 0.15) is 19.3 Å². The summed E-state index contributed by atoms with van der Waals surface area (Å²) in [5, 5.41) is 13.1. The number of rotatable bonds is 9. The lowest BCUT2D eigenvalue weighted by atomic mass is 10.2. The van der Waals surface area contributed by atoms with E-state index < -0.39 is 6.10 Å². The standard InChI is InChI=1S/C19H25NO3/c1-15(2)20-12-17(21)14-23-19-11-7-6-10-18(19)22-13-16-8-4-3-5-9-16/h3-11,15,17,20-21H,12-14H2,1-2H3. The Bertz CT molecular complexity index is 572. The summed E-state index contributed by atoms with van der Waals surface area (Å²) in [4.78, 5) is 0. The van der Waals surface area contributed by atoms with E-state index in [1.165, 1.54) is 0 Å². The van der Waals surface area contributed by atoms with Crippen molar-refractivity contribution in [1.29, 1.82) is 0 Å². The summed E-state index contributed by atoms with van der Waals surface area (Å²) in [7, 11) is 0. The quantitative estimate of drug-likeness (QED) is 0.747. The van der Waals surface area contributed by atoms with Crippen LogP contribution in [0.5, 0.6) is 11.5 Å². The maximum Gasteiger partial charge on any atom is 0.161 e. The Morgan fingerprint density at radius 1 is 0.913 bits per heavy atom. The lowest BCUT2D eigenvalue weighted by Crippen LogP contribution is -2.35. The largest absolute Gasteiger partial charge is 0.487 e. The van der Waals surface area contributed by atoms with E-state index >= 15 is 0 Å². The maximum atomic E-state index is 9.93.